The van der Waals surface area contributed by atoms with Gasteiger partial charge in [-0.2, -0.15) is 20.4 Å². The van der Waals surface area contributed by atoms with Gasteiger partial charge in [0.1, 0.15) is 0 Å². The number of aromatic nitrogens is 4. The van der Waals surface area contributed by atoms with Crippen LogP contribution < -0.4 is 0 Å². The van der Waals surface area contributed by atoms with E-state index in [2.05, 4.69) is 20.4 Å². The average Bonchev–Trinajstić information content (AvgIpc) is 2.32. The first-order chi connectivity index (χ1) is 8.00. The Labute approximate surface area is 118 Å². The Balaban J connectivity index is 0.000000228. The minimum absolute atomic E-state index is 1.64. The first kappa shape index (κ1) is 17.0. The molecule has 98 valence electrons. The molecule has 0 saturated carbocycles. The third kappa shape index (κ3) is 21.8. The van der Waals surface area contributed by atoms with Crippen LogP contribution in [0.2, 0.25) is 0 Å². The van der Waals surface area contributed by atoms with Crippen molar-refractivity contribution in [1.82, 2.24) is 20.4 Å². The molecule has 2 aromatic heterocycles. The first-order valence-electron chi connectivity index (χ1n) is 3.91. The van der Waals surface area contributed by atoms with Crippen molar-refractivity contribution >= 4 is 37.7 Å². The second kappa shape index (κ2) is 11.1. The van der Waals surface area contributed by atoms with Crippen molar-refractivity contribution < 1.29 is 11.9 Å². The van der Waals surface area contributed by atoms with Crippen LogP contribution in [-0.2, 0) is 11.9 Å². The number of hydrogen-bond donors (Lipinski definition) is 0. The van der Waals surface area contributed by atoms with E-state index in [-0.39, 0.29) is 0 Å². The minimum Gasteiger partial charge on any atom is -0.159 e. The van der Waals surface area contributed by atoms with Crippen LogP contribution >= 0.6 is 37.7 Å². The molecule has 0 aromatic carbocycles. The molecular formula is C8H8Cl4N4Pt. The molecule has 17 heavy (non-hydrogen) atoms. The zero-order chi connectivity index (χ0) is 13.0. The van der Waals surface area contributed by atoms with Crippen LogP contribution in [0.3, 0.4) is 0 Å². The summed E-state index contributed by atoms with van der Waals surface area (Å²) in [6, 6.07) is 7.31. The molecule has 2 rings (SSSR count). The van der Waals surface area contributed by atoms with Gasteiger partial charge in [0.15, 0.2) is 0 Å². The van der Waals surface area contributed by atoms with Gasteiger partial charge in [-0.15, -0.1) is 0 Å². The van der Waals surface area contributed by atoms with Gasteiger partial charge in [-0.3, -0.25) is 0 Å². The molecule has 0 atom stereocenters. The van der Waals surface area contributed by atoms with E-state index in [4.69, 9.17) is 37.7 Å². The van der Waals surface area contributed by atoms with Crippen LogP contribution in [0.15, 0.2) is 49.1 Å². The Morgan fingerprint density at radius 2 is 0.706 bits per heavy atom. The van der Waals surface area contributed by atoms with Crippen molar-refractivity contribution in [3.63, 3.8) is 0 Å². The molecule has 0 N–H and O–H groups in total. The van der Waals surface area contributed by atoms with Crippen LogP contribution in [0.5, 0.6) is 0 Å². The van der Waals surface area contributed by atoms with Crippen molar-refractivity contribution in [2.45, 2.75) is 0 Å². The SMILES string of the molecule is [Cl][Pt]([Cl])([Cl])[Cl].c1ccnnc1.c1ccnnc1. The summed E-state index contributed by atoms with van der Waals surface area (Å²) < 4.78 is 0. The van der Waals surface area contributed by atoms with Crippen molar-refractivity contribution in [2.75, 3.05) is 0 Å². The van der Waals surface area contributed by atoms with Gasteiger partial charge in [0.25, 0.3) is 0 Å². The van der Waals surface area contributed by atoms with Crippen molar-refractivity contribution in [3.8, 4) is 0 Å². The van der Waals surface area contributed by atoms with Crippen molar-refractivity contribution in [2.24, 2.45) is 0 Å². The largest absolute Gasteiger partial charge is 0.159 e. The maximum atomic E-state index is 5.01. The molecule has 0 saturated heterocycles. The van der Waals surface area contributed by atoms with E-state index in [1.165, 1.54) is 0 Å². The number of hydrogen-bond acceptors (Lipinski definition) is 4. The molecule has 9 heteroatoms. The van der Waals surface area contributed by atoms with E-state index in [9.17, 15) is 0 Å². The van der Waals surface area contributed by atoms with Gasteiger partial charge in [0.2, 0.25) is 0 Å². The van der Waals surface area contributed by atoms with Crippen molar-refractivity contribution in [1.29, 1.82) is 0 Å². The summed E-state index contributed by atoms with van der Waals surface area (Å²) in [5.41, 5.74) is 0. The smallest absolute Gasteiger partial charge is 0.0496 e. The molecule has 0 aliphatic rings. The Morgan fingerprint density at radius 1 is 0.529 bits per heavy atom. The van der Waals surface area contributed by atoms with E-state index >= 15 is 0 Å². The third-order valence-electron chi connectivity index (χ3n) is 0.966. The van der Waals surface area contributed by atoms with E-state index in [0.29, 0.717) is 0 Å². The molecule has 2 aromatic rings. The van der Waals surface area contributed by atoms with E-state index in [1.807, 2.05) is 24.3 Å². The maximum absolute atomic E-state index is 5.01. The van der Waals surface area contributed by atoms with Crippen LogP contribution in [0.4, 0.5) is 0 Å². The Kier molecular flexibility index (Phi) is 11.1. The van der Waals surface area contributed by atoms with Gasteiger partial charge in [0.05, 0.1) is 0 Å². The number of nitrogens with zero attached hydrogens (tertiary/aromatic N) is 4. The standard InChI is InChI=1S/2C4H4N2.4ClH.Pt/c2*1-2-4-6-5-3-1;;;;;/h2*1-4H;4*1H;/q;;;;;;+4/p-4. The molecule has 0 radical (unpaired) electrons. The summed E-state index contributed by atoms with van der Waals surface area (Å²) >= 11 is -3.06. The molecule has 0 aliphatic heterocycles. The van der Waals surface area contributed by atoms with E-state index < -0.39 is 11.9 Å². The topological polar surface area (TPSA) is 51.6 Å². The molecule has 0 aliphatic carbocycles. The van der Waals surface area contributed by atoms with Crippen LogP contribution in [0.25, 0.3) is 0 Å². The Morgan fingerprint density at radius 3 is 0.765 bits per heavy atom. The zero-order valence-electron chi connectivity index (χ0n) is 8.24. The fourth-order valence-corrected chi connectivity index (χ4v) is 0.507. The summed E-state index contributed by atoms with van der Waals surface area (Å²) in [5, 5.41) is 14.1. The number of rotatable bonds is 0. The zero-order valence-corrected chi connectivity index (χ0v) is 13.5. The second-order valence-corrected chi connectivity index (χ2v) is 21.8. The molecule has 0 spiro atoms. The molecule has 0 fully saturated rings. The van der Waals surface area contributed by atoms with E-state index in [0.717, 1.165) is 0 Å². The van der Waals surface area contributed by atoms with Crippen molar-refractivity contribution in [3.05, 3.63) is 49.1 Å². The monoisotopic (exact) mass is 495 g/mol. The van der Waals surface area contributed by atoms with Crippen LogP contribution in [-0.4, -0.2) is 20.4 Å². The summed E-state index contributed by atoms with van der Waals surface area (Å²) in [5.74, 6) is 0. The summed E-state index contributed by atoms with van der Waals surface area (Å²) in [6.45, 7) is 0. The van der Waals surface area contributed by atoms with Gasteiger partial charge >= 0.3 is 49.6 Å². The van der Waals surface area contributed by atoms with Gasteiger partial charge in [-0.25, -0.2) is 0 Å². The summed E-state index contributed by atoms with van der Waals surface area (Å²) in [7, 11) is 20.0. The fraction of sp³-hybridized carbons (Fsp3) is 0. The van der Waals surface area contributed by atoms with Gasteiger partial charge in [0, 0.05) is 24.8 Å². The van der Waals surface area contributed by atoms with Crippen LogP contribution in [0.1, 0.15) is 0 Å². The van der Waals surface area contributed by atoms with Gasteiger partial charge < -0.3 is 0 Å². The molecule has 0 bridgehead atoms. The van der Waals surface area contributed by atoms with E-state index in [1.54, 1.807) is 24.8 Å². The predicted octanol–water partition coefficient (Wildman–Crippen LogP) is 3.71. The minimum atomic E-state index is -3.06. The average molecular weight is 497 g/mol. The second-order valence-electron chi connectivity index (χ2n) is 2.10. The Hall–Kier alpha value is 0.00831. The summed E-state index contributed by atoms with van der Waals surface area (Å²) in [6.07, 6.45) is 6.56. The van der Waals surface area contributed by atoms with Crippen LogP contribution in [0, 0.1) is 0 Å². The summed E-state index contributed by atoms with van der Waals surface area (Å²) in [4.78, 5) is 0. The van der Waals surface area contributed by atoms with Gasteiger partial charge in [-0.1, -0.05) is 0 Å². The Bertz CT molecular complexity index is 268. The number of halogens is 4. The molecule has 0 amide bonds. The third-order valence-corrected chi connectivity index (χ3v) is 0.966. The molecule has 0 unspecified atom stereocenters. The predicted molar refractivity (Wildman–Crippen MR) is 67.5 cm³/mol. The maximum Gasteiger partial charge on any atom is 0.0496 e. The normalized spacial score (nSPS) is 10.1. The molecular weight excluding hydrogens is 489 g/mol. The van der Waals surface area contributed by atoms with Gasteiger partial charge in [-0.05, 0) is 24.3 Å². The molecule has 4 nitrogen and oxygen atoms in total. The first-order valence-corrected chi connectivity index (χ1v) is 15.2. The quantitative estimate of drug-likeness (QED) is 0.558. The fourth-order valence-electron chi connectivity index (χ4n) is 0.507. The molecule has 2 heterocycles.